The number of ketones is 1. The molecule has 0 fully saturated rings. The van der Waals surface area contributed by atoms with Crippen LogP contribution in [0.1, 0.15) is 24.2 Å². The third kappa shape index (κ3) is 3.64. The molecule has 1 aromatic carbocycles. The lowest BCUT2D eigenvalue weighted by molar-refractivity contribution is -0.124. The Kier molecular flexibility index (Phi) is 5.02. The molecule has 0 radical (unpaired) electrons. The maximum Gasteiger partial charge on any atom is 0.338 e. The molecule has 7 heteroatoms. The van der Waals surface area contributed by atoms with Gasteiger partial charge in [0.25, 0.3) is 0 Å². The van der Waals surface area contributed by atoms with Crippen LogP contribution in [0.3, 0.4) is 0 Å². The standard InChI is InChI=1S/C13H17NO5S/c1-9(15)10(2)19-13(16)11-5-7-12(8-6-11)20(17,18)14(3)4/h5-8,10H,1-4H3/t10-/m0/s1. The van der Waals surface area contributed by atoms with Crippen LogP contribution in [0.2, 0.25) is 0 Å². The first-order valence-electron chi connectivity index (χ1n) is 5.90. The van der Waals surface area contributed by atoms with E-state index >= 15 is 0 Å². The fourth-order valence-corrected chi connectivity index (χ4v) is 2.19. The van der Waals surface area contributed by atoms with Crippen LogP contribution in [0.25, 0.3) is 0 Å². The van der Waals surface area contributed by atoms with Crippen LogP contribution in [0, 0.1) is 0 Å². The van der Waals surface area contributed by atoms with Gasteiger partial charge in [-0.05, 0) is 38.1 Å². The molecule has 1 aromatic rings. The number of carbonyl (C=O) groups is 2. The van der Waals surface area contributed by atoms with Crippen molar-refractivity contribution in [2.24, 2.45) is 0 Å². The second kappa shape index (κ2) is 6.15. The molecule has 0 unspecified atom stereocenters. The highest BCUT2D eigenvalue weighted by Crippen LogP contribution is 2.15. The molecule has 0 aromatic heterocycles. The largest absolute Gasteiger partial charge is 0.451 e. The molecule has 0 heterocycles. The summed E-state index contributed by atoms with van der Waals surface area (Å²) in [6, 6.07) is 5.35. The van der Waals surface area contributed by atoms with Gasteiger partial charge in [-0.15, -0.1) is 0 Å². The Morgan fingerprint density at radius 2 is 1.65 bits per heavy atom. The number of benzene rings is 1. The Hall–Kier alpha value is -1.73. The van der Waals surface area contributed by atoms with Crippen molar-refractivity contribution in [2.45, 2.75) is 24.8 Å². The molecular formula is C13H17NO5S. The van der Waals surface area contributed by atoms with Crippen molar-refractivity contribution >= 4 is 21.8 Å². The molecule has 1 rings (SSSR count). The lowest BCUT2D eigenvalue weighted by atomic mass is 10.2. The zero-order chi connectivity index (χ0) is 15.5. The molecule has 0 N–H and O–H groups in total. The Morgan fingerprint density at radius 1 is 1.15 bits per heavy atom. The highest BCUT2D eigenvalue weighted by molar-refractivity contribution is 7.89. The Labute approximate surface area is 118 Å². The number of rotatable bonds is 5. The summed E-state index contributed by atoms with van der Waals surface area (Å²) in [5.41, 5.74) is 0.191. The van der Waals surface area contributed by atoms with Crippen molar-refractivity contribution in [1.82, 2.24) is 4.31 Å². The number of sulfonamides is 1. The first-order chi connectivity index (χ1) is 9.16. The van der Waals surface area contributed by atoms with Crippen molar-refractivity contribution < 1.29 is 22.7 Å². The maximum absolute atomic E-state index is 11.8. The van der Waals surface area contributed by atoms with E-state index in [0.717, 1.165) is 4.31 Å². The van der Waals surface area contributed by atoms with Crippen LogP contribution in [-0.2, 0) is 19.6 Å². The van der Waals surface area contributed by atoms with Crippen LogP contribution in [0.4, 0.5) is 0 Å². The molecule has 6 nitrogen and oxygen atoms in total. The topological polar surface area (TPSA) is 80.8 Å². The highest BCUT2D eigenvalue weighted by atomic mass is 32.2. The van der Waals surface area contributed by atoms with E-state index in [0.29, 0.717) is 0 Å². The number of nitrogens with zero attached hydrogens (tertiary/aromatic N) is 1. The second-order valence-corrected chi connectivity index (χ2v) is 6.62. The summed E-state index contributed by atoms with van der Waals surface area (Å²) < 4.78 is 29.7. The first-order valence-corrected chi connectivity index (χ1v) is 7.34. The van der Waals surface area contributed by atoms with Gasteiger partial charge in [0.05, 0.1) is 10.5 Å². The van der Waals surface area contributed by atoms with E-state index in [9.17, 15) is 18.0 Å². The van der Waals surface area contributed by atoms with Gasteiger partial charge in [-0.1, -0.05) is 0 Å². The zero-order valence-corrected chi connectivity index (χ0v) is 12.6. The van der Waals surface area contributed by atoms with Crippen molar-refractivity contribution in [2.75, 3.05) is 14.1 Å². The first kappa shape index (κ1) is 16.3. The minimum Gasteiger partial charge on any atom is -0.451 e. The fraction of sp³-hybridized carbons (Fsp3) is 0.385. The van der Waals surface area contributed by atoms with E-state index < -0.39 is 22.1 Å². The minimum absolute atomic E-state index is 0.0821. The zero-order valence-electron chi connectivity index (χ0n) is 11.8. The van der Waals surface area contributed by atoms with Gasteiger partial charge in [0.15, 0.2) is 11.9 Å². The molecule has 0 bridgehead atoms. The normalized spacial score (nSPS) is 13.1. The summed E-state index contributed by atoms with van der Waals surface area (Å²) >= 11 is 0. The Balaban J connectivity index is 2.92. The van der Waals surface area contributed by atoms with E-state index in [1.165, 1.54) is 52.2 Å². The summed E-state index contributed by atoms with van der Waals surface area (Å²) in [6.45, 7) is 2.80. The van der Waals surface area contributed by atoms with Crippen molar-refractivity contribution in [1.29, 1.82) is 0 Å². The number of hydrogen-bond donors (Lipinski definition) is 0. The van der Waals surface area contributed by atoms with Crippen LogP contribution in [0.5, 0.6) is 0 Å². The van der Waals surface area contributed by atoms with Gasteiger partial charge in [-0.2, -0.15) is 0 Å². The van der Waals surface area contributed by atoms with Gasteiger partial charge < -0.3 is 4.74 Å². The van der Waals surface area contributed by atoms with Crippen molar-refractivity contribution in [3.05, 3.63) is 29.8 Å². The molecule has 0 aliphatic heterocycles. The van der Waals surface area contributed by atoms with Gasteiger partial charge in [0.2, 0.25) is 10.0 Å². The molecule has 0 spiro atoms. The van der Waals surface area contributed by atoms with E-state index in [1.807, 2.05) is 0 Å². The van der Waals surface area contributed by atoms with Crippen molar-refractivity contribution in [3.63, 3.8) is 0 Å². The number of carbonyl (C=O) groups excluding carboxylic acids is 2. The highest BCUT2D eigenvalue weighted by Gasteiger charge is 2.19. The summed E-state index contributed by atoms with van der Waals surface area (Å²) in [5.74, 6) is -0.924. The number of hydrogen-bond acceptors (Lipinski definition) is 5. The van der Waals surface area contributed by atoms with Gasteiger partial charge in [0, 0.05) is 14.1 Å². The van der Waals surface area contributed by atoms with Gasteiger partial charge in [-0.25, -0.2) is 17.5 Å². The number of esters is 1. The van der Waals surface area contributed by atoms with Gasteiger partial charge in [-0.3, -0.25) is 4.79 Å². The second-order valence-electron chi connectivity index (χ2n) is 4.47. The SMILES string of the molecule is CC(=O)[C@H](C)OC(=O)c1ccc(S(=O)(=O)N(C)C)cc1. The predicted octanol–water partition coefficient (Wildman–Crippen LogP) is 1.07. The van der Waals surface area contributed by atoms with Crippen LogP contribution >= 0.6 is 0 Å². The molecule has 0 saturated heterocycles. The van der Waals surface area contributed by atoms with E-state index in [2.05, 4.69) is 0 Å². The summed E-state index contributed by atoms with van der Waals surface area (Å²) in [6.07, 6.45) is -0.826. The van der Waals surface area contributed by atoms with E-state index in [1.54, 1.807) is 0 Å². The lowest BCUT2D eigenvalue weighted by Crippen LogP contribution is -2.23. The lowest BCUT2D eigenvalue weighted by Gasteiger charge is -2.12. The van der Waals surface area contributed by atoms with E-state index in [-0.39, 0.29) is 16.2 Å². The fourth-order valence-electron chi connectivity index (χ4n) is 1.29. The summed E-state index contributed by atoms with van der Waals surface area (Å²) in [5, 5.41) is 0. The summed E-state index contributed by atoms with van der Waals surface area (Å²) in [4.78, 5) is 22.8. The number of Topliss-reactive ketones (excluding diaryl/α,β-unsaturated/α-hetero) is 1. The molecule has 110 valence electrons. The number of ether oxygens (including phenoxy) is 1. The van der Waals surface area contributed by atoms with Crippen LogP contribution in [-0.4, -0.2) is 44.7 Å². The van der Waals surface area contributed by atoms with Gasteiger partial charge >= 0.3 is 5.97 Å². The van der Waals surface area contributed by atoms with Crippen molar-refractivity contribution in [3.8, 4) is 0 Å². The predicted molar refractivity (Wildman–Crippen MR) is 72.9 cm³/mol. The Morgan fingerprint density at radius 3 is 2.05 bits per heavy atom. The van der Waals surface area contributed by atoms with Crippen LogP contribution in [0.15, 0.2) is 29.2 Å². The average molecular weight is 299 g/mol. The Bertz CT molecular complexity index is 604. The molecule has 1 atom stereocenters. The summed E-state index contributed by atoms with van der Waals surface area (Å²) in [7, 11) is -0.683. The quantitative estimate of drug-likeness (QED) is 0.760. The molecule has 0 amide bonds. The van der Waals surface area contributed by atoms with Gasteiger partial charge in [0.1, 0.15) is 0 Å². The smallest absolute Gasteiger partial charge is 0.338 e. The third-order valence-electron chi connectivity index (χ3n) is 2.72. The molecule has 0 aliphatic rings. The molecule has 0 saturated carbocycles. The maximum atomic E-state index is 11.8. The molecule has 0 aliphatic carbocycles. The third-order valence-corrected chi connectivity index (χ3v) is 4.55. The molecular weight excluding hydrogens is 282 g/mol. The minimum atomic E-state index is -3.53. The average Bonchev–Trinajstić information content (AvgIpc) is 2.38. The molecule has 20 heavy (non-hydrogen) atoms. The van der Waals surface area contributed by atoms with E-state index in [4.69, 9.17) is 4.74 Å². The van der Waals surface area contributed by atoms with Crippen LogP contribution < -0.4 is 0 Å². The monoisotopic (exact) mass is 299 g/mol.